The molecule has 1 aromatic rings. The Balaban J connectivity index is 2.36. The number of hydrogen-bond acceptors (Lipinski definition) is 3. The van der Waals surface area contributed by atoms with Crippen molar-refractivity contribution in [2.24, 2.45) is 12.8 Å². The summed E-state index contributed by atoms with van der Waals surface area (Å²) in [5, 5.41) is 7.88. The van der Waals surface area contributed by atoms with Gasteiger partial charge in [-0.2, -0.15) is 0 Å². The molecule has 0 aromatic carbocycles. The molecule has 2 rings (SSSR count). The molecule has 0 aliphatic heterocycles. The summed E-state index contributed by atoms with van der Waals surface area (Å²) in [6, 6.07) is 0. The van der Waals surface area contributed by atoms with Crippen molar-refractivity contribution in [2.45, 2.75) is 31.1 Å². The van der Waals surface area contributed by atoms with Gasteiger partial charge < -0.3 is 5.73 Å². The molecule has 1 aliphatic rings. The number of nitrogens with zero attached hydrogens (tertiary/aromatic N) is 3. The maximum absolute atomic E-state index is 5.86. The Hall–Kier alpha value is -0.900. The highest BCUT2D eigenvalue weighted by atomic mass is 15.4. The Morgan fingerprint density at radius 3 is 2.69 bits per heavy atom. The van der Waals surface area contributed by atoms with Gasteiger partial charge in [0.1, 0.15) is 0 Å². The molecule has 0 saturated heterocycles. The molecule has 72 valence electrons. The number of nitrogens with two attached hydrogens (primary N) is 1. The first kappa shape index (κ1) is 8.69. The highest BCUT2D eigenvalue weighted by Crippen LogP contribution is 2.39. The molecule has 4 nitrogen and oxygen atoms in total. The van der Waals surface area contributed by atoms with E-state index in [-0.39, 0.29) is 5.41 Å². The Labute approximate surface area is 78.1 Å². The van der Waals surface area contributed by atoms with E-state index in [2.05, 4.69) is 10.3 Å². The van der Waals surface area contributed by atoms with E-state index in [0.29, 0.717) is 6.54 Å². The minimum atomic E-state index is 0.165. The Morgan fingerprint density at radius 1 is 1.54 bits per heavy atom. The van der Waals surface area contributed by atoms with Crippen LogP contribution in [0.2, 0.25) is 0 Å². The summed E-state index contributed by atoms with van der Waals surface area (Å²) in [6.07, 6.45) is 6.79. The number of rotatable bonds is 2. The highest BCUT2D eigenvalue weighted by molar-refractivity contribution is 5.16. The van der Waals surface area contributed by atoms with E-state index in [1.165, 1.54) is 31.4 Å². The van der Waals surface area contributed by atoms with Crippen molar-refractivity contribution in [2.75, 3.05) is 6.54 Å². The predicted octanol–water partition coefficient (Wildman–Crippen LogP) is 0.586. The van der Waals surface area contributed by atoms with Gasteiger partial charge >= 0.3 is 0 Å². The first-order chi connectivity index (χ1) is 6.28. The summed E-state index contributed by atoms with van der Waals surface area (Å²) in [7, 11) is 1.94. The van der Waals surface area contributed by atoms with Crippen LogP contribution in [-0.2, 0) is 12.5 Å². The normalized spacial score (nSPS) is 20.8. The molecule has 0 unspecified atom stereocenters. The third kappa shape index (κ3) is 1.25. The van der Waals surface area contributed by atoms with Crippen molar-refractivity contribution >= 4 is 0 Å². The zero-order valence-corrected chi connectivity index (χ0v) is 8.03. The fraction of sp³-hybridized carbons (Fsp3) is 0.778. The van der Waals surface area contributed by atoms with Crippen LogP contribution in [0, 0.1) is 0 Å². The van der Waals surface area contributed by atoms with Crippen LogP contribution >= 0.6 is 0 Å². The van der Waals surface area contributed by atoms with Crippen molar-refractivity contribution < 1.29 is 0 Å². The molecule has 0 bridgehead atoms. The van der Waals surface area contributed by atoms with Crippen LogP contribution in [0.1, 0.15) is 31.4 Å². The van der Waals surface area contributed by atoms with Crippen LogP contribution in [0.15, 0.2) is 6.20 Å². The average Bonchev–Trinajstić information content (AvgIpc) is 2.73. The van der Waals surface area contributed by atoms with E-state index in [4.69, 9.17) is 5.73 Å². The van der Waals surface area contributed by atoms with Gasteiger partial charge in [0.05, 0.1) is 11.9 Å². The zero-order valence-electron chi connectivity index (χ0n) is 8.03. The van der Waals surface area contributed by atoms with Crippen LogP contribution in [0.25, 0.3) is 0 Å². The minimum absolute atomic E-state index is 0.165. The van der Waals surface area contributed by atoms with Gasteiger partial charge in [-0.25, -0.2) is 0 Å². The second-order valence-electron chi connectivity index (χ2n) is 3.93. The Bertz CT molecular complexity index is 286. The highest BCUT2D eigenvalue weighted by Gasteiger charge is 2.36. The summed E-state index contributed by atoms with van der Waals surface area (Å²) < 4.78 is 1.86. The van der Waals surface area contributed by atoms with Crippen LogP contribution in [0.5, 0.6) is 0 Å². The molecule has 0 spiro atoms. The molecule has 1 aliphatic carbocycles. The molecule has 0 atom stereocenters. The van der Waals surface area contributed by atoms with Crippen LogP contribution in [0.3, 0.4) is 0 Å². The SMILES string of the molecule is Cn1nncc1C1(CN)CCCC1. The van der Waals surface area contributed by atoms with Gasteiger partial charge in [0.25, 0.3) is 0 Å². The second-order valence-corrected chi connectivity index (χ2v) is 3.93. The lowest BCUT2D eigenvalue weighted by atomic mass is 9.83. The largest absolute Gasteiger partial charge is 0.330 e. The van der Waals surface area contributed by atoms with Crippen molar-refractivity contribution in [3.05, 3.63) is 11.9 Å². The first-order valence-electron chi connectivity index (χ1n) is 4.84. The molecule has 1 fully saturated rings. The topological polar surface area (TPSA) is 56.7 Å². The summed E-state index contributed by atoms with van der Waals surface area (Å²) >= 11 is 0. The third-order valence-electron chi connectivity index (χ3n) is 3.21. The van der Waals surface area contributed by atoms with Gasteiger partial charge in [-0.1, -0.05) is 18.1 Å². The van der Waals surface area contributed by atoms with E-state index < -0.39 is 0 Å². The summed E-state index contributed by atoms with van der Waals surface area (Å²) in [6.45, 7) is 0.716. The van der Waals surface area contributed by atoms with Crippen LogP contribution in [-0.4, -0.2) is 21.5 Å². The van der Waals surface area contributed by atoms with Crippen molar-refractivity contribution in [1.29, 1.82) is 0 Å². The first-order valence-corrected chi connectivity index (χ1v) is 4.84. The summed E-state index contributed by atoms with van der Waals surface area (Å²) in [5.74, 6) is 0. The molecule has 1 aromatic heterocycles. The second kappa shape index (κ2) is 3.10. The molecule has 1 saturated carbocycles. The van der Waals surface area contributed by atoms with Crippen molar-refractivity contribution in [1.82, 2.24) is 15.0 Å². The number of aryl methyl sites for hydroxylation is 1. The predicted molar refractivity (Wildman–Crippen MR) is 50.2 cm³/mol. The van der Waals surface area contributed by atoms with E-state index in [1.807, 2.05) is 17.9 Å². The molecule has 0 amide bonds. The van der Waals surface area contributed by atoms with Crippen molar-refractivity contribution in [3.63, 3.8) is 0 Å². The lowest BCUT2D eigenvalue weighted by Crippen LogP contribution is -2.34. The molecular weight excluding hydrogens is 164 g/mol. The molecule has 4 heteroatoms. The molecule has 2 N–H and O–H groups in total. The third-order valence-corrected chi connectivity index (χ3v) is 3.21. The standard InChI is InChI=1S/C9H16N4/c1-13-8(6-11-12-13)9(7-10)4-2-3-5-9/h6H,2-5,7,10H2,1H3. The molecular formula is C9H16N4. The number of hydrogen-bond donors (Lipinski definition) is 1. The number of aromatic nitrogens is 3. The Morgan fingerprint density at radius 2 is 2.23 bits per heavy atom. The van der Waals surface area contributed by atoms with Gasteiger partial charge in [0.2, 0.25) is 0 Å². The molecule has 13 heavy (non-hydrogen) atoms. The fourth-order valence-electron chi connectivity index (χ4n) is 2.39. The van der Waals surface area contributed by atoms with Crippen LogP contribution in [0.4, 0.5) is 0 Å². The maximum Gasteiger partial charge on any atom is 0.0731 e. The zero-order chi connectivity index (χ0) is 9.31. The average molecular weight is 180 g/mol. The van der Waals surface area contributed by atoms with E-state index >= 15 is 0 Å². The molecule has 1 heterocycles. The monoisotopic (exact) mass is 180 g/mol. The van der Waals surface area contributed by atoms with Gasteiger partial charge in [-0.05, 0) is 12.8 Å². The van der Waals surface area contributed by atoms with Crippen LogP contribution < -0.4 is 5.73 Å². The lowest BCUT2D eigenvalue weighted by molar-refractivity contribution is 0.416. The lowest BCUT2D eigenvalue weighted by Gasteiger charge is -2.26. The van der Waals surface area contributed by atoms with E-state index in [9.17, 15) is 0 Å². The van der Waals surface area contributed by atoms with Gasteiger partial charge in [0, 0.05) is 19.0 Å². The fourth-order valence-corrected chi connectivity index (χ4v) is 2.39. The summed E-state index contributed by atoms with van der Waals surface area (Å²) in [5.41, 5.74) is 7.23. The molecule has 0 radical (unpaired) electrons. The minimum Gasteiger partial charge on any atom is -0.330 e. The Kier molecular flexibility index (Phi) is 2.07. The van der Waals surface area contributed by atoms with Crippen molar-refractivity contribution in [3.8, 4) is 0 Å². The van der Waals surface area contributed by atoms with Gasteiger partial charge in [0.15, 0.2) is 0 Å². The van der Waals surface area contributed by atoms with E-state index in [1.54, 1.807) is 0 Å². The van der Waals surface area contributed by atoms with Gasteiger partial charge in [-0.15, -0.1) is 5.10 Å². The smallest absolute Gasteiger partial charge is 0.0731 e. The summed E-state index contributed by atoms with van der Waals surface area (Å²) in [4.78, 5) is 0. The van der Waals surface area contributed by atoms with E-state index in [0.717, 1.165) is 0 Å². The quantitative estimate of drug-likeness (QED) is 0.724. The van der Waals surface area contributed by atoms with Gasteiger partial charge in [-0.3, -0.25) is 4.68 Å². The maximum atomic E-state index is 5.86.